The van der Waals surface area contributed by atoms with E-state index in [0.29, 0.717) is 12.3 Å². The summed E-state index contributed by atoms with van der Waals surface area (Å²) >= 11 is 0. The number of piperazine rings is 1. The molecule has 1 N–H and O–H groups in total. The molecule has 0 bridgehead atoms. The fraction of sp³-hybridized carbons (Fsp3) is 0.667. The van der Waals surface area contributed by atoms with Gasteiger partial charge in [-0.05, 0) is 50.9 Å². The van der Waals surface area contributed by atoms with E-state index in [0.717, 1.165) is 58.3 Å². The molecule has 2 heterocycles. The summed E-state index contributed by atoms with van der Waals surface area (Å²) in [6, 6.07) is 10.6. The minimum atomic E-state index is 0. The van der Waals surface area contributed by atoms with Gasteiger partial charge >= 0.3 is 0 Å². The molecule has 3 rings (SSSR count). The fourth-order valence-electron chi connectivity index (χ4n) is 4.10. The zero-order valence-corrected chi connectivity index (χ0v) is 18.6. The molecule has 2 fully saturated rings. The summed E-state index contributed by atoms with van der Waals surface area (Å²) in [5, 5.41) is 3.23. The Labute approximate surface area is 182 Å². The highest BCUT2D eigenvalue weighted by Crippen LogP contribution is 2.21. The fourth-order valence-corrected chi connectivity index (χ4v) is 4.10. The molecule has 5 nitrogen and oxygen atoms in total. The van der Waals surface area contributed by atoms with Crippen LogP contribution in [-0.2, 0) is 4.79 Å². The largest absolute Gasteiger partial charge is 0.369 e. The minimum Gasteiger partial charge on any atom is -0.369 e. The van der Waals surface area contributed by atoms with Gasteiger partial charge in [-0.1, -0.05) is 18.2 Å². The third-order valence-corrected chi connectivity index (χ3v) is 5.91. The third kappa shape index (κ3) is 7.43. The molecule has 2 saturated heterocycles. The van der Waals surface area contributed by atoms with Gasteiger partial charge in [-0.3, -0.25) is 9.69 Å². The van der Waals surface area contributed by atoms with E-state index in [1.165, 1.54) is 24.9 Å². The molecule has 0 atom stereocenters. The lowest BCUT2D eigenvalue weighted by Gasteiger charge is -2.37. The summed E-state index contributed by atoms with van der Waals surface area (Å²) in [4.78, 5) is 19.5. The molecule has 0 aromatic heterocycles. The van der Waals surface area contributed by atoms with Crippen molar-refractivity contribution >= 4 is 36.4 Å². The molecular weight excluding hydrogens is 395 g/mol. The number of anilines is 1. The van der Waals surface area contributed by atoms with Crippen molar-refractivity contribution in [3.63, 3.8) is 0 Å². The van der Waals surface area contributed by atoms with E-state index in [1.54, 1.807) is 0 Å². The van der Waals surface area contributed by atoms with Gasteiger partial charge in [0.2, 0.25) is 5.91 Å². The highest BCUT2D eigenvalue weighted by Gasteiger charge is 2.23. The van der Waals surface area contributed by atoms with Gasteiger partial charge in [-0.15, -0.1) is 24.8 Å². The molecule has 160 valence electrons. The quantitative estimate of drug-likeness (QED) is 0.721. The van der Waals surface area contributed by atoms with Gasteiger partial charge in [0.15, 0.2) is 0 Å². The number of carbonyl (C=O) groups is 1. The molecule has 1 amide bonds. The molecule has 0 radical (unpaired) electrons. The average Bonchev–Trinajstić information content (AvgIpc) is 2.72. The molecule has 0 unspecified atom stereocenters. The number of para-hydroxylation sites is 1. The summed E-state index contributed by atoms with van der Waals surface area (Å²) in [6.07, 6.45) is 4.25. The smallest absolute Gasteiger partial charge is 0.223 e. The van der Waals surface area contributed by atoms with Gasteiger partial charge in [-0.2, -0.15) is 0 Å². The van der Waals surface area contributed by atoms with Gasteiger partial charge in [-0.25, -0.2) is 0 Å². The number of nitrogens with one attached hydrogen (secondary N) is 1. The summed E-state index contributed by atoms with van der Waals surface area (Å²) in [6.45, 7) is 8.10. The third-order valence-electron chi connectivity index (χ3n) is 5.91. The van der Waals surface area contributed by atoms with E-state index in [4.69, 9.17) is 0 Å². The van der Waals surface area contributed by atoms with Gasteiger partial charge in [0, 0.05) is 57.9 Å². The highest BCUT2D eigenvalue weighted by atomic mass is 35.5. The number of hydrogen-bond donors (Lipinski definition) is 1. The zero-order chi connectivity index (χ0) is 18.2. The van der Waals surface area contributed by atoms with Crippen molar-refractivity contribution in [2.75, 3.05) is 64.3 Å². The maximum atomic E-state index is 12.5. The first-order valence-corrected chi connectivity index (χ1v) is 10.2. The van der Waals surface area contributed by atoms with E-state index >= 15 is 0 Å². The molecule has 0 saturated carbocycles. The van der Waals surface area contributed by atoms with E-state index < -0.39 is 0 Å². The maximum absolute atomic E-state index is 12.5. The van der Waals surface area contributed by atoms with Crippen LogP contribution < -0.4 is 10.2 Å². The second-order valence-electron chi connectivity index (χ2n) is 7.63. The van der Waals surface area contributed by atoms with Gasteiger partial charge < -0.3 is 15.1 Å². The summed E-state index contributed by atoms with van der Waals surface area (Å²) in [5.74, 6) is 1.14. The maximum Gasteiger partial charge on any atom is 0.223 e. The second kappa shape index (κ2) is 13.3. The lowest BCUT2D eigenvalue weighted by atomic mass is 9.93. The Balaban J connectivity index is 0.00000196. The van der Waals surface area contributed by atoms with Crippen LogP contribution in [0.3, 0.4) is 0 Å². The molecule has 0 aliphatic carbocycles. The van der Waals surface area contributed by atoms with E-state index in [1.807, 2.05) is 7.05 Å². The van der Waals surface area contributed by atoms with Crippen molar-refractivity contribution in [2.24, 2.45) is 5.92 Å². The zero-order valence-electron chi connectivity index (χ0n) is 17.0. The number of piperidine rings is 1. The van der Waals surface area contributed by atoms with E-state index in [9.17, 15) is 4.79 Å². The molecular formula is C21H36Cl2N4O. The molecule has 0 spiro atoms. The molecule has 1 aromatic rings. The van der Waals surface area contributed by atoms with Crippen LogP contribution in [0, 0.1) is 5.92 Å². The van der Waals surface area contributed by atoms with Crippen LogP contribution in [-0.4, -0.2) is 75.1 Å². The van der Waals surface area contributed by atoms with Crippen LogP contribution in [0.15, 0.2) is 30.3 Å². The van der Waals surface area contributed by atoms with Crippen LogP contribution >= 0.6 is 24.8 Å². The number of halogens is 2. The van der Waals surface area contributed by atoms with Gasteiger partial charge in [0.05, 0.1) is 0 Å². The average molecular weight is 431 g/mol. The van der Waals surface area contributed by atoms with Crippen molar-refractivity contribution in [3.8, 4) is 0 Å². The number of nitrogens with zero attached hydrogens (tertiary/aromatic N) is 3. The number of likely N-dealkylation sites (tertiary alicyclic amines) is 1. The monoisotopic (exact) mass is 430 g/mol. The normalized spacial score (nSPS) is 18.3. The Morgan fingerprint density at radius 2 is 1.64 bits per heavy atom. The lowest BCUT2D eigenvalue weighted by Crippen LogP contribution is -2.47. The number of amides is 1. The van der Waals surface area contributed by atoms with Crippen LogP contribution in [0.4, 0.5) is 5.69 Å². The Bertz CT molecular complexity index is 545. The Kier molecular flexibility index (Phi) is 11.8. The van der Waals surface area contributed by atoms with E-state index in [2.05, 4.69) is 50.3 Å². The van der Waals surface area contributed by atoms with E-state index in [-0.39, 0.29) is 24.8 Å². The SMILES string of the molecule is CNCCC1CCN(C(=O)CCN2CCN(c3ccccc3)CC2)CC1.Cl.Cl. The van der Waals surface area contributed by atoms with Gasteiger partial charge in [0.1, 0.15) is 0 Å². The first-order chi connectivity index (χ1) is 12.8. The number of benzene rings is 1. The van der Waals surface area contributed by atoms with Crippen LogP contribution in [0.5, 0.6) is 0 Å². The predicted octanol–water partition coefficient (Wildman–Crippen LogP) is 2.89. The standard InChI is InChI=1S/C21H34N4O.2ClH/c1-22-11-7-19-8-13-25(14-9-19)21(26)10-12-23-15-17-24(18-16-23)20-5-3-2-4-6-20;;/h2-6,19,22H,7-18H2,1H3;2*1H. The summed E-state index contributed by atoms with van der Waals surface area (Å²) < 4.78 is 0. The number of carbonyl (C=O) groups excluding carboxylic acids is 1. The predicted molar refractivity (Wildman–Crippen MR) is 122 cm³/mol. The van der Waals surface area contributed by atoms with Crippen molar-refractivity contribution in [1.82, 2.24) is 15.1 Å². The first kappa shape index (κ1) is 25.0. The lowest BCUT2D eigenvalue weighted by molar-refractivity contribution is -0.133. The molecule has 7 heteroatoms. The first-order valence-electron chi connectivity index (χ1n) is 10.2. The van der Waals surface area contributed by atoms with Crippen molar-refractivity contribution in [2.45, 2.75) is 25.7 Å². The van der Waals surface area contributed by atoms with Gasteiger partial charge in [0.25, 0.3) is 0 Å². The number of rotatable bonds is 7. The minimum absolute atomic E-state index is 0. The Hall–Kier alpha value is -1.01. The van der Waals surface area contributed by atoms with Crippen LogP contribution in [0.1, 0.15) is 25.7 Å². The Morgan fingerprint density at radius 3 is 2.25 bits per heavy atom. The van der Waals surface area contributed by atoms with Crippen molar-refractivity contribution < 1.29 is 4.79 Å². The Morgan fingerprint density at radius 1 is 1.00 bits per heavy atom. The van der Waals surface area contributed by atoms with Crippen LogP contribution in [0.2, 0.25) is 0 Å². The second-order valence-corrected chi connectivity index (χ2v) is 7.63. The molecule has 1 aromatic carbocycles. The molecule has 2 aliphatic heterocycles. The van der Waals surface area contributed by atoms with Crippen molar-refractivity contribution in [1.29, 1.82) is 0 Å². The number of hydrogen-bond acceptors (Lipinski definition) is 4. The topological polar surface area (TPSA) is 38.8 Å². The summed E-state index contributed by atoms with van der Waals surface area (Å²) in [7, 11) is 2.01. The molecule has 28 heavy (non-hydrogen) atoms. The molecule has 2 aliphatic rings. The van der Waals surface area contributed by atoms with Crippen LogP contribution in [0.25, 0.3) is 0 Å². The summed E-state index contributed by atoms with van der Waals surface area (Å²) in [5.41, 5.74) is 1.31. The highest BCUT2D eigenvalue weighted by molar-refractivity contribution is 5.85. The van der Waals surface area contributed by atoms with Crippen molar-refractivity contribution in [3.05, 3.63) is 30.3 Å².